The van der Waals surface area contributed by atoms with Gasteiger partial charge < -0.3 is 10.4 Å². The van der Waals surface area contributed by atoms with Crippen molar-refractivity contribution in [1.82, 2.24) is 5.32 Å². The van der Waals surface area contributed by atoms with Crippen molar-refractivity contribution < 1.29 is 14.7 Å². The van der Waals surface area contributed by atoms with Crippen LogP contribution in [0.4, 0.5) is 0 Å². The summed E-state index contributed by atoms with van der Waals surface area (Å²) in [5, 5.41) is 12.1. The van der Waals surface area contributed by atoms with Gasteiger partial charge >= 0.3 is 5.97 Å². The zero-order valence-electron chi connectivity index (χ0n) is 11.4. The van der Waals surface area contributed by atoms with Gasteiger partial charge in [-0.1, -0.05) is 34.5 Å². The molecule has 2 rings (SSSR count). The lowest BCUT2D eigenvalue weighted by Gasteiger charge is -2.37. The number of benzene rings is 1. The van der Waals surface area contributed by atoms with Crippen molar-refractivity contribution in [3.05, 3.63) is 34.3 Å². The van der Waals surface area contributed by atoms with Crippen LogP contribution in [-0.2, 0) is 9.59 Å². The molecule has 0 aliphatic heterocycles. The third kappa shape index (κ3) is 3.20. The number of carbonyl (C=O) groups excluding carboxylic acids is 1. The first-order valence-electron chi connectivity index (χ1n) is 6.71. The van der Waals surface area contributed by atoms with Crippen LogP contribution in [0.2, 0.25) is 0 Å². The van der Waals surface area contributed by atoms with Crippen LogP contribution < -0.4 is 5.32 Å². The third-order valence-electron chi connectivity index (χ3n) is 4.01. The number of carbonyl (C=O) groups is 2. The van der Waals surface area contributed by atoms with Crippen LogP contribution in [0.1, 0.15) is 44.2 Å². The number of aliphatic carboxylic acids is 1. The summed E-state index contributed by atoms with van der Waals surface area (Å²) in [5.41, 5.74) is 0.170. The van der Waals surface area contributed by atoms with Crippen molar-refractivity contribution in [2.24, 2.45) is 5.41 Å². The molecule has 1 aliphatic carbocycles. The molecule has 4 nitrogen and oxygen atoms in total. The third-order valence-corrected chi connectivity index (χ3v) is 4.54. The normalized spacial score (nSPS) is 17.9. The Morgan fingerprint density at radius 3 is 2.40 bits per heavy atom. The first kappa shape index (κ1) is 15.0. The average molecular weight is 340 g/mol. The molecule has 1 saturated carbocycles. The topological polar surface area (TPSA) is 66.4 Å². The Bertz CT molecular complexity index is 508. The first-order chi connectivity index (χ1) is 9.43. The second-order valence-electron chi connectivity index (χ2n) is 5.46. The summed E-state index contributed by atoms with van der Waals surface area (Å²) in [5.74, 6) is -1.04. The summed E-state index contributed by atoms with van der Waals surface area (Å²) in [6.07, 6.45) is 2.16. The molecule has 2 N–H and O–H groups in total. The summed E-state index contributed by atoms with van der Waals surface area (Å²) in [6, 6.07) is 7.59. The molecule has 1 unspecified atom stereocenters. The van der Waals surface area contributed by atoms with Gasteiger partial charge in [0.15, 0.2) is 0 Å². The lowest BCUT2D eigenvalue weighted by Crippen LogP contribution is -2.43. The number of amides is 1. The highest BCUT2D eigenvalue weighted by molar-refractivity contribution is 9.10. The zero-order valence-corrected chi connectivity index (χ0v) is 12.9. The van der Waals surface area contributed by atoms with E-state index in [0.29, 0.717) is 12.8 Å². The van der Waals surface area contributed by atoms with E-state index < -0.39 is 11.4 Å². The monoisotopic (exact) mass is 339 g/mol. The number of nitrogens with one attached hydrogen (secondary N) is 1. The maximum Gasteiger partial charge on any atom is 0.310 e. The predicted molar refractivity (Wildman–Crippen MR) is 79.2 cm³/mol. The van der Waals surface area contributed by atoms with Gasteiger partial charge in [-0.25, -0.2) is 0 Å². The number of carboxylic acids is 1. The molecule has 0 aromatic heterocycles. The highest BCUT2D eigenvalue weighted by atomic mass is 79.9. The minimum Gasteiger partial charge on any atom is -0.481 e. The van der Waals surface area contributed by atoms with Crippen molar-refractivity contribution in [3.63, 3.8) is 0 Å². The van der Waals surface area contributed by atoms with Gasteiger partial charge in [-0.15, -0.1) is 0 Å². The van der Waals surface area contributed by atoms with E-state index in [0.717, 1.165) is 16.5 Å². The Hall–Kier alpha value is -1.36. The van der Waals surface area contributed by atoms with Gasteiger partial charge in [0, 0.05) is 10.9 Å². The van der Waals surface area contributed by atoms with E-state index in [-0.39, 0.29) is 18.4 Å². The molecule has 1 amide bonds. The molecule has 1 fully saturated rings. The van der Waals surface area contributed by atoms with Gasteiger partial charge in [-0.05, 0) is 37.5 Å². The Labute approximate surface area is 126 Å². The van der Waals surface area contributed by atoms with Gasteiger partial charge in [0.1, 0.15) is 0 Å². The smallest absolute Gasteiger partial charge is 0.310 e. The lowest BCUT2D eigenvalue weighted by molar-refractivity contribution is -0.157. The standard InChI is InChI=1S/C15H18BrNO3/c1-10(11-3-5-12(16)6-4-11)17-13(18)9-15(14(19)20)7-2-8-15/h3-6,10H,2,7-9H2,1H3,(H,17,18)(H,19,20). The Morgan fingerprint density at radius 2 is 1.95 bits per heavy atom. The fraction of sp³-hybridized carbons (Fsp3) is 0.467. The number of halogens is 1. The fourth-order valence-corrected chi connectivity index (χ4v) is 2.77. The number of hydrogen-bond donors (Lipinski definition) is 2. The lowest BCUT2D eigenvalue weighted by atomic mass is 9.66. The van der Waals surface area contributed by atoms with Crippen LogP contribution >= 0.6 is 15.9 Å². The predicted octanol–water partition coefficient (Wildman–Crippen LogP) is 3.27. The van der Waals surface area contributed by atoms with Crippen LogP contribution in [0, 0.1) is 5.41 Å². The van der Waals surface area contributed by atoms with E-state index in [2.05, 4.69) is 21.2 Å². The van der Waals surface area contributed by atoms with Crippen LogP contribution in [0.25, 0.3) is 0 Å². The summed E-state index contributed by atoms with van der Waals surface area (Å²) in [7, 11) is 0. The quantitative estimate of drug-likeness (QED) is 0.865. The molecule has 1 aromatic rings. The van der Waals surface area contributed by atoms with Crippen LogP contribution in [0.5, 0.6) is 0 Å². The van der Waals surface area contributed by atoms with E-state index in [9.17, 15) is 14.7 Å². The van der Waals surface area contributed by atoms with Gasteiger partial charge in [-0.3, -0.25) is 9.59 Å². The molecule has 0 bridgehead atoms. The van der Waals surface area contributed by atoms with Gasteiger partial charge in [0.25, 0.3) is 0 Å². The van der Waals surface area contributed by atoms with E-state index in [1.807, 2.05) is 31.2 Å². The maximum absolute atomic E-state index is 12.0. The number of hydrogen-bond acceptors (Lipinski definition) is 2. The largest absolute Gasteiger partial charge is 0.481 e. The van der Waals surface area contributed by atoms with Crippen molar-refractivity contribution in [2.45, 2.75) is 38.6 Å². The van der Waals surface area contributed by atoms with Gasteiger partial charge in [-0.2, -0.15) is 0 Å². The highest BCUT2D eigenvalue weighted by Gasteiger charge is 2.45. The summed E-state index contributed by atoms with van der Waals surface area (Å²) < 4.78 is 0.985. The SMILES string of the molecule is CC(NC(=O)CC1(C(=O)O)CCC1)c1ccc(Br)cc1. The Balaban J connectivity index is 1.94. The Kier molecular flexibility index (Phi) is 4.48. The zero-order chi connectivity index (χ0) is 14.8. The molecular formula is C15H18BrNO3. The molecule has 5 heteroatoms. The van der Waals surface area contributed by atoms with Crippen LogP contribution in [-0.4, -0.2) is 17.0 Å². The molecule has 1 aliphatic rings. The van der Waals surface area contributed by atoms with E-state index in [4.69, 9.17) is 0 Å². The Morgan fingerprint density at radius 1 is 1.35 bits per heavy atom. The van der Waals surface area contributed by atoms with E-state index in [1.165, 1.54) is 0 Å². The molecule has 0 heterocycles. The number of rotatable bonds is 5. The van der Waals surface area contributed by atoms with E-state index >= 15 is 0 Å². The van der Waals surface area contributed by atoms with Gasteiger partial charge in [0.2, 0.25) is 5.91 Å². The molecule has 20 heavy (non-hydrogen) atoms. The summed E-state index contributed by atoms with van der Waals surface area (Å²) >= 11 is 3.37. The van der Waals surface area contributed by atoms with E-state index in [1.54, 1.807) is 0 Å². The molecule has 1 atom stereocenters. The summed E-state index contributed by atoms with van der Waals surface area (Å²) in [6.45, 7) is 1.90. The van der Waals surface area contributed by atoms with Gasteiger partial charge in [0.05, 0.1) is 11.5 Å². The van der Waals surface area contributed by atoms with Crippen molar-refractivity contribution in [3.8, 4) is 0 Å². The van der Waals surface area contributed by atoms with Crippen LogP contribution in [0.15, 0.2) is 28.7 Å². The molecule has 1 aromatic carbocycles. The molecule has 0 radical (unpaired) electrons. The maximum atomic E-state index is 12.0. The first-order valence-corrected chi connectivity index (χ1v) is 7.50. The van der Waals surface area contributed by atoms with Crippen LogP contribution in [0.3, 0.4) is 0 Å². The van der Waals surface area contributed by atoms with Crippen molar-refractivity contribution in [1.29, 1.82) is 0 Å². The van der Waals surface area contributed by atoms with Crippen molar-refractivity contribution in [2.75, 3.05) is 0 Å². The second-order valence-corrected chi connectivity index (χ2v) is 6.37. The molecular weight excluding hydrogens is 322 g/mol. The summed E-state index contributed by atoms with van der Waals surface area (Å²) in [4.78, 5) is 23.3. The fourth-order valence-electron chi connectivity index (χ4n) is 2.50. The minimum atomic E-state index is -0.852. The molecule has 0 saturated heterocycles. The van der Waals surface area contributed by atoms with Crippen molar-refractivity contribution >= 4 is 27.8 Å². The molecule has 108 valence electrons. The second kappa shape index (κ2) is 5.95. The average Bonchev–Trinajstić information content (AvgIpc) is 2.34. The minimum absolute atomic E-state index is 0.0726. The number of carboxylic acid groups (broad SMARTS) is 1. The molecule has 0 spiro atoms. The highest BCUT2D eigenvalue weighted by Crippen LogP contribution is 2.44.